The Morgan fingerprint density at radius 2 is 1.74 bits per heavy atom. The molecule has 0 aliphatic rings. The largest absolute Gasteiger partial charge is 0.271 e. The zero-order chi connectivity index (χ0) is 16.5. The van der Waals surface area contributed by atoms with E-state index in [0.717, 1.165) is 11.1 Å². The Bertz CT molecular complexity index is 743. The third-order valence-electron chi connectivity index (χ3n) is 3.16. The molecule has 0 aromatic heterocycles. The summed E-state index contributed by atoms with van der Waals surface area (Å²) in [4.78, 5) is 12.0. The Kier molecular flexibility index (Phi) is 5.84. The molecule has 0 aliphatic heterocycles. The standard InChI is InChI=1S/C19H17N3O/c1-15(12-16-8-4-2-5-9-16)14-21-22-19(23)18(13-20)17-10-6-3-7-11-17/h2-12,14,18H,1H3,(H,22,23)/b15-12+,21-14-/t18-/m1/s1. The van der Waals surface area contributed by atoms with E-state index in [2.05, 4.69) is 10.5 Å². The molecular formula is C19H17N3O. The van der Waals surface area contributed by atoms with E-state index in [-0.39, 0.29) is 0 Å². The number of nitrogens with zero attached hydrogens (tertiary/aromatic N) is 2. The van der Waals surface area contributed by atoms with Gasteiger partial charge in [0, 0.05) is 0 Å². The number of nitriles is 1. The first-order valence-electron chi connectivity index (χ1n) is 7.21. The highest BCUT2D eigenvalue weighted by atomic mass is 16.2. The highest BCUT2D eigenvalue weighted by molar-refractivity contribution is 5.89. The van der Waals surface area contributed by atoms with Gasteiger partial charge in [-0.3, -0.25) is 4.79 Å². The lowest BCUT2D eigenvalue weighted by molar-refractivity contribution is -0.121. The van der Waals surface area contributed by atoms with E-state index in [1.54, 1.807) is 30.5 Å². The summed E-state index contributed by atoms with van der Waals surface area (Å²) >= 11 is 0. The average Bonchev–Trinajstić information content (AvgIpc) is 2.57. The number of carbonyl (C=O) groups excluding carboxylic acids is 1. The van der Waals surface area contributed by atoms with E-state index < -0.39 is 11.8 Å². The molecule has 0 saturated carbocycles. The minimum atomic E-state index is -0.869. The van der Waals surface area contributed by atoms with Gasteiger partial charge in [-0.15, -0.1) is 0 Å². The topological polar surface area (TPSA) is 65.2 Å². The summed E-state index contributed by atoms with van der Waals surface area (Å²) in [5.41, 5.74) is 5.02. The number of rotatable bonds is 5. The van der Waals surface area contributed by atoms with E-state index in [1.165, 1.54) is 0 Å². The Labute approximate surface area is 135 Å². The van der Waals surface area contributed by atoms with Crippen molar-refractivity contribution >= 4 is 18.2 Å². The van der Waals surface area contributed by atoms with Crippen molar-refractivity contribution in [3.63, 3.8) is 0 Å². The van der Waals surface area contributed by atoms with Gasteiger partial charge >= 0.3 is 0 Å². The van der Waals surface area contributed by atoms with Crippen LogP contribution in [-0.2, 0) is 4.79 Å². The molecule has 1 atom stereocenters. The van der Waals surface area contributed by atoms with Gasteiger partial charge in [0.25, 0.3) is 5.91 Å². The van der Waals surface area contributed by atoms with Crippen LogP contribution in [0.15, 0.2) is 71.3 Å². The van der Waals surface area contributed by atoms with Crippen LogP contribution in [0.2, 0.25) is 0 Å². The fourth-order valence-corrected chi connectivity index (χ4v) is 2.04. The maximum absolute atomic E-state index is 12.0. The predicted octanol–water partition coefficient (Wildman–Crippen LogP) is 3.50. The van der Waals surface area contributed by atoms with Crippen molar-refractivity contribution in [3.05, 3.63) is 77.4 Å². The zero-order valence-electron chi connectivity index (χ0n) is 12.8. The van der Waals surface area contributed by atoms with Crippen molar-refractivity contribution in [1.82, 2.24) is 5.43 Å². The van der Waals surface area contributed by atoms with Crippen LogP contribution >= 0.6 is 0 Å². The molecule has 1 amide bonds. The smallest absolute Gasteiger partial charge is 0.261 e. The van der Waals surface area contributed by atoms with Gasteiger partial charge in [-0.25, -0.2) is 5.43 Å². The van der Waals surface area contributed by atoms with Gasteiger partial charge in [-0.1, -0.05) is 66.7 Å². The molecule has 0 radical (unpaired) electrons. The number of amides is 1. The van der Waals surface area contributed by atoms with Crippen LogP contribution in [-0.4, -0.2) is 12.1 Å². The molecule has 0 unspecified atom stereocenters. The van der Waals surface area contributed by atoms with Crippen molar-refractivity contribution in [3.8, 4) is 6.07 Å². The van der Waals surface area contributed by atoms with Gasteiger partial charge in [-0.05, 0) is 23.6 Å². The second kappa shape index (κ2) is 8.30. The van der Waals surface area contributed by atoms with Crippen molar-refractivity contribution in [2.45, 2.75) is 12.8 Å². The normalized spacial score (nSPS) is 12.6. The number of nitrogens with one attached hydrogen (secondary N) is 1. The SMILES string of the molecule is CC(/C=N\NC(=O)[C@H](C#N)c1ccccc1)=C\c1ccccc1. The number of hydrazone groups is 1. The minimum absolute atomic E-state index is 0.442. The molecule has 2 rings (SSSR count). The summed E-state index contributed by atoms with van der Waals surface area (Å²) in [6.45, 7) is 1.89. The number of hydrogen-bond donors (Lipinski definition) is 1. The van der Waals surface area contributed by atoms with Crippen LogP contribution in [0, 0.1) is 11.3 Å². The molecule has 0 bridgehead atoms. The first-order valence-corrected chi connectivity index (χ1v) is 7.21. The van der Waals surface area contributed by atoms with E-state index in [4.69, 9.17) is 0 Å². The van der Waals surface area contributed by atoms with E-state index >= 15 is 0 Å². The lowest BCUT2D eigenvalue weighted by atomic mass is 10.0. The number of hydrogen-bond acceptors (Lipinski definition) is 3. The van der Waals surface area contributed by atoms with Crippen LogP contribution in [0.3, 0.4) is 0 Å². The van der Waals surface area contributed by atoms with Crippen molar-refractivity contribution in [2.24, 2.45) is 5.10 Å². The molecule has 0 fully saturated rings. The van der Waals surface area contributed by atoms with Crippen LogP contribution in [0.25, 0.3) is 6.08 Å². The fraction of sp³-hybridized carbons (Fsp3) is 0.105. The lowest BCUT2D eigenvalue weighted by Crippen LogP contribution is -2.24. The highest BCUT2D eigenvalue weighted by Gasteiger charge is 2.19. The van der Waals surface area contributed by atoms with Gasteiger partial charge in [0.2, 0.25) is 0 Å². The predicted molar refractivity (Wildman–Crippen MR) is 91.5 cm³/mol. The summed E-state index contributed by atoms with van der Waals surface area (Å²) in [7, 11) is 0. The Morgan fingerprint density at radius 3 is 2.35 bits per heavy atom. The van der Waals surface area contributed by atoms with E-state index in [1.807, 2.05) is 55.5 Å². The van der Waals surface area contributed by atoms with Gasteiger partial charge in [0.1, 0.15) is 0 Å². The molecule has 0 saturated heterocycles. The van der Waals surface area contributed by atoms with Gasteiger partial charge < -0.3 is 0 Å². The quantitative estimate of drug-likeness (QED) is 0.678. The van der Waals surface area contributed by atoms with Crippen molar-refractivity contribution in [2.75, 3.05) is 0 Å². The van der Waals surface area contributed by atoms with Gasteiger partial charge in [-0.2, -0.15) is 10.4 Å². The highest BCUT2D eigenvalue weighted by Crippen LogP contribution is 2.14. The second-order valence-corrected chi connectivity index (χ2v) is 5.01. The Balaban J connectivity index is 1.98. The summed E-state index contributed by atoms with van der Waals surface area (Å²) in [5.74, 6) is -1.31. The monoisotopic (exact) mass is 303 g/mol. The maximum Gasteiger partial charge on any atom is 0.261 e. The Hall–Kier alpha value is -3.19. The number of carbonyl (C=O) groups is 1. The summed E-state index contributed by atoms with van der Waals surface area (Å²) < 4.78 is 0. The molecule has 114 valence electrons. The molecule has 2 aromatic rings. The van der Waals surface area contributed by atoms with Crippen LogP contribution in [0.5, 0.6) is 0 Å². The molecule has 2 aromatic carbocycles. The van der Waals surface area contributed by atoms with Gasteiger partial charge in [0.15, 0.2) is 5.92 Å². The molecule has 4 nitrogen and oxygen atoms in total. The van der Waals surface area contributed by atoms with Crippen molar-refractivity contribution in [1.29, 1.82) is 5.26 Å². The first kappa shape index (κ1) is 16.2. The molecule has 0 heterocycles. The minimum Gasteiger partial charge on any atom is -0.271 e. The molecule has 1 N–H and O–H groups in total. The van der Waals surface area contributed by atoms with Gasteiger partial charge in [0.05, 0.1) is 12.3 Å². The van der Waals surface area contributed by atoms with E-state index in [9.17, 15) is 10.1 Å². The van der Waals surface area contributed by atoms with Crippen molar-refractivity contribution < 1.29 is 4.79 Å². The summed E-state index contributed by atoms with van der Waals surface area (Å²) in [5, 5.41) is 13.1. The second-order valence-electron chi connectivity index (χ2n) is 5.01. The van der Waals surface area contributed by atoms with Crippen LogP contribution in [0.4, 0.5) is 0 Å². The molecule has 4 heteroatoms. The molecule has 0 spiro atoms. The maximum atomic E-state index is 12.0. The number of allylic oxidation sites excluding steroid dienone is 1. The third kappa shape index (κ3) is 4.94. The fourth-order valence-electron chi connectivity index (χ4n) is 2.04. The molecule has 0 aliphatic carbocycles. The summed E-state index contributed by atoms with van der Waals surface area (Å²) in [6, 6.07) is 20.7. The van der Waals surface area contributed by atoms with Crippen LogP contribution < -0.4 is 5.43 Å². The lowest BCUT2D eigenvalue weighted by Gasteiger charge is -2.07. The molecule has 23 heavy (non-hydrogen) atoms. The summed E-state index contributed by atoms with van der Waals surface area (Å²) in [6.07, 6.45) is 3.51. The zero-order valence-corrected chi connectivity index (χ0v) is 12.8. The Morgan fingerprint density at radius 1 is 1.13 bits per heavy atom. The van der Waals surface area contributed by atoms with E-state index in [0.29, 0.717) is 5.56 Å². The third-order valence-corrected chi connectivity index (χ3v) is 3.16. The average molecular weight is 303 g/mol. The molecular weight excluding hydrogens is 286 g/mol. The van der Waals surface area contributed by atoms with Crippen LogP contribution in [0.1, 0.15) is 24.0 Å². The first-order chi connectivity index (χ1) is 11.2. The number of benzene rings is 2.